The van der Waals surface area contributed by atoms with Crippen LogP contribution in [0.1, 0.15) is 13.3 Å². The Balaban J connectivity index is -0.0000000150. The summed E-state index contributed by atoms with van der Waals surface area (Å²) in [5, 5.41) is 7.88. The van der Waals surface area contributed by atoms with Crippen LogP contribution in [-0.2, 0) is 0 Å². The molecular formula is C3H14O4. The highest BCUT2D eigenvalue weighted by atomic mass is 16.2. The minimum atomic E-state index is 0. The highest BCUT2D eigenvalue weighted by Gasteiger charge is 1.57. The minimum Gasteiger partial charge on any atom is -0.412 e. The molecule has 0 spiro atoms. The summed E-state index contributed by atoms with van der Waals surface area (Å²) in [7, 11) is 0. The Morgan fingerprint density at radius 2 is 1.29 bits per heavy atom. The summed E-state index contributed by atoms with van der Waals surface area (Å²) in [6, 6.07) is 0. The third-order valence-corrected chi connectivity index (χ3v) is 0.224. The van der Waals surface area contributed by atoms with Crippen LogP contribution < -0.4 is 0 Å². The van der Waals surface area contributed by atoms with E-state index in [9.17, 15) is 0 Å². The zero-order valence-electron chi connectivity index (χ0n) is 4.36. The number of hydrogen-bond acceptors (Lipinski definition) is 1. The van der Waals surface area contributed by atoms with Gasteiger partial charge in [-0.3, -0.25) is 0 Å². The van der Waals surface area contributed by atoms with Gasteiger partial charge in [-0.2, -0.15) is 0 Å². The molecule has 7 heavy (non-hydrogen) atoms. The molecule has 0 heterocycles. The second kappa shape index (κ2) is 40.4. The summed E-state index contributed by atoms with van der Waals surface area (Å²) in [6.07, 6.45) is 0.875. The van der Waals surface area contributed by atoms with E-state index in [1.54, 1.807) is 0 Å². The molecular weight excluding hydrogens is 100 g/mol. The monoisotopic (exact) mass is 114 g/mol. The van der Waals surface area contributed by atoms with Crippen LogP contribution in [0.3, 0.4) is 0 Å². The molecule has 0 aromatic heterocycles. The quantitative estimate of drug-likeness (QED) is 0.413. The van der Waals surface area contributed by atoms with Gasteiger partial charge in [-0.05, 0) is 6.42 Å². The van der Waals surface area contributed by atoms with Crippen molar-refractivity contribution in [2.24, 2.45) is 0 Å². The van der Waals surface area contributed by atoms with Gasteiger partial charge in [-0.15, -0.1) is 0 Å². The molecule has 7 N–H and O–H groups in total. The first-order chi connectivity index (χ1) is 1.91. The molecule has 0 amide bonds. The van der Waals surface area contributed by atoms with Crippen LogP contribution in [-0.4, -0.2) is 28.1 Å². The van der Waals surface area contributed by atoms with Gasteiger partial charge in [0.25, 0.3) is 0 Å². The highest BCUT2D eigenvalue weighted by Crippen LogP contribution is 1.61. The molecule has 0 rings (SSSR count). The van der Waals surface area contributed by atoms with E-state index >= 15 is 0 Å². The van der Waals surface area contributed by atoms with E-state index < -0.39 is 0 Å². The molecule has 0 aromatic carbocycles. The molecule has 0 aliphatic rings. The summed E-state index contributed by atoms with van der Waals surface area (Å²) in [6.45, 7) is 2.25. The van der Waals surface area contributed by atoms with Crippen LogP contribution in [0.25, 0.3) is 0 Å². The standard InChI is InChI=1S/C3H8O.3H2O/c1-2-3-4;;;/h4H,2-3H2,1H3;3*1H2. The van der Waals surface area contributed by atoms with Crippen LogP contribution >= 0.6 is 0 Å². The fourth-order valence-electron chi connectivity index (χ4n) is 0. The smallest absolute Gasteiger partial charge is 0.0428 e. The molecule has 0 aliphatic carbocycles. The van der Waals surface area contributed by atoms with Crippen LogP contribution in [0.4, 0.5) is 0 Å². The Morgan fingerprint density at radius 3 is 1.29 bits per heavy atom. The molecule has 0 atom stereocenters. The average Bonchev–Trinajstić information content (AvgIpc) is 1.37. The first kappa shape index (κ1) is 28.9. The van der Waals surface area contributed by atoms with E-state index in [1.807, 2.05) is 6.92 Å². The molecule has 0 aliphatic heterocycles. The van der Waals surface area contributed by atoms with Crippen LogP contribution in [0.2, 0.25) is 0 Å². The summed E-state index contributed by atoms with van der Waals surface area (Å²) >= 11 is 0. The van der Waals surface area contributed by atoms with Gasteiger partial charge in [-0.1, -0.05) is 6.92 Å². The maximum Gasteiger partial charge on any atom is 0.0428 e. The van der Waals surface area contributed by atoms with Crippen molar-refractivity contribution in [1.29, 1.82) is 0 Å². The zero-order chi connectivity index (χ0) is 3.41. The molecule has 0 aromatic rings. The third kappa shape index (κ3) is 122. The van der Waals surface area contributed by atoms with E-state index in [4.69, 9.17) is 5.11 Å². The van der Waals surface area contributed by atoms with Gasteiger partial charge in [0.2, 0.25) is 0 Å². The highest BCUT2D eigenvalue weighted by molar-refractivity contribution is 4.10. The predicted octanol–water partition coefficient (Wildman–Crippen LogP) is -2.09. The molecule has 0 fully saturated rings. The first-order valence-corrected chi connectivity index (χ1v) is 1.52. The summed E-state index contributed by atoms with van der Waals surface area (Å²) in [4.78, 5) is 0. The fourth-order valence-corrected chi connectivity index (χ4v) is 0. The van der Waals surface area contributed by atoms with Crippen LogP contribution in [0.15, 0.2) is 0 Å². The Morgan fingerprint density at radius 1 is 1.14 bits per heavy atom. The van der Waals surface area contributed by atoms with E-state index in [0.29, 0.717) is 6.61 Å². The Bertz CT molecular complexity index is 8.90. The lowest BCUT2D eigenvalue weighted by molar-refractivity contribution is 0.295. The second-order valence-electron chi connectivity index (χ2n) is 0.724. The van der Waals surface area contributed by atoms with Crippen molar-refractivity contribution in [1.82, 2.24) is 0 Å². The summed E-state index contributed by atoms with van der Waals surface area (Å²) in [5.41, 5.74) is 0. The number of aliphatic hydroxyl groups is 1. The van der Waals surface area contributed by atoms with Gasteiger partial charge in [0.05, 0.1) is 0 Å². The van der Waals surface area contributed by atoms with Crippen molar-refractivity contribution >= 4 is 0 Å². The largest absolute Gasteiger partial charge is 0.412 e. The van der Waals surface area contributed by atoms with E-state index in [1.165, 1.54) is 0 Å². The Kier molecular flexibility index (Phi) is 167. The minimum absolute atomic E-state index is 0. The van der Waals surface area contributed by atoms with Gasteiger partial charge in [0.15, 0.2) is 0 Å². The summed E-state index contributed by atoms with van der Waals surface area (Å²) in [5.74, 6) is 0. The van der Waals surface area contributed by atoms with E-state index in [0.717, 1.165) is 6.42 Å². The molecule has 0 saturated heterocycles. The van der Waals surface area contributed by atoms with Gasteiger partial charge in [-0.25, -0.2) is 0 Å². The molecule has 0 bridgehead atoms. The van der Waals surface area contributed by atoms with Crippen LogP contribution in [0.5, 0.6) is 0 Å². The predicted molar refractivity (Wildman–Crippen MR) is 28.2 cm³/mol. The lowest BCUT2D eigenvalue weighted by atomic mass is 10.5. The lowest BCUT2D eigenvalue weighted by Gasteiger charge is -1.69. The third-order valence-electron chi connectivity index (χ3n) is 0.224. The van der Waals surface area contributed by atoms with Crippen molar-refractivity contribution < 1.29 is 21.5 Å². The number of rotatable bonds is 1. The zero-order valence-corrected chi connectivity index (χ0v) is 4.36. The summed E-state index contributed by atoms with van der Waals surface area (Å²) < 4.78 is 0. The molecule has 4 nitrogen and oxygen atoms in total. The molecule has 50 valence electrons. The van der Waals surface area contributed by atoms with Crippen LogP contribution in [0, 0.1) is 0 Å². The maximum absolute atomic E-state index is 7.88. The maximum atomic E-state index is 7.88. The van der Waals surface area contributed by atoms with Gasteiger partial charge in [0, 0.05) is 6.61 Å². The number of hydrogen-bond donors (Lipinski definition) is 1. The van der Waals surface area contributed by atoms with E-state index in [2.05, 4.69) is 0 Å². The normalized spacial score (nSPS) is 4.29. The van der Waals surface area contributed by atoms with E-state index in [-0.39, 0.29) is 16.4 Å². The molecule has 0 unspecified atom stereocenters. The van der Waals surface area contributed by atoms with Crippen molar-refractivity contribution in [3.8, 4) is 0 Å². The van der Waals surface area contributed by atoms with Crippen molar-refractivity contribution in [2.75, 3.05) is 6.61 Å². The molecule has 0 radical (unpaired) electrons. The average molecular weight is 114 g/mol. The SMILES string of the molecule is CCCO.O.O.O. The van der Waals surface area contributed by atoms with Crippen molar-refractivity contribution in [2.45, 2.75) is 13.3 Å². The van der Waals surface area contributed by atoms with Gasteiger partial charge < -0.3 is 21.5 Å². The molecule has 4 heteroatoms. The second-order valence-corrected chi connectivity index (χ2v) is 0.724. The number of aliphatic hydroxyl groups excluding tert-OH is 1. The molecule has 0 saturated carbocycles. The first-order valence-electron chi connectivity index (χ1n) is 1.52. The van der Waals surface area contributed by atoms with Crippen molar-refractivity contribution in [3.05, 3.63) is 0 Å². The van der Waals surface area contributed by atoms with Gasteiger partial charge in [0.1, 0.15) is 0 Å². The Labute approximate surface area is 42.7 Å². The van der Waals surface area contributed by atoms with Gasteiger partial charge >= 0.3 is 0 Å². The lowest BCUT2D eigenvalue weighted by Crippen LogP contribution is -1.69. The van der Waals surface area contributed by atoms with Crippen molar-refractivity contribution in [3.63, 3.8) is 0 Å². The topological polar surface area (TPSA) is 115 Å². The Hall–Kier alpha value is -0.160. The fraction of sp³-hybridized carbons (Fsp3) is 1.00.